The van der Waals surface area contributed by atoms with Gasteiger partial charge in [0.15, 0.2) is 0 Å². The van der Waals surface area contributed by atoms with Crippen LogP contribution in [-0.4, -0.2) is 34.7 Å². The highest BCUT2D eigenvalue weighted by Gasteiger charge is 2.30. The summed E-state index contributed by atoms with van der Waals surface area (Å²) in [5.41, 5.74) is -0.450. The number of likely N-dealkylation sites (tertiary alicyclic amines) is 1. The van der Waals surface area contributed by atoms with Crippen LogP contribution in [0.15, 0.2) is 0 Å². The number of nitrogens with zero attached hydrogens (tertiary/aromatic N) is 1. The van der Waals surface area contributed by atoms with Crippen molar-refractivity contribution < 1.29 is 5.11 Å². The summed E-state index contributed by atoms with van der Waals surface area (Å²) >= 11 is 0. The van der Waals surface area contributed by atoms with E-state index in [1.165, 1.54) is 45.1 Å². The number of β-amino-alcohol motifs (C(OH)–C–C–N with tert-alkyl or cyclic N) is 1. The molecule has 1 rings (SSSR count). The Balaban J connectivity index is 2.16. The molecule has 0 bridgehead atoms. The van der Waals surface area contributed by atoms with Crippen LogP contribution >= 0.6 is 0 Å². The van der Waals surface area contributed by atoms with Crippen molar-refractivity contribution in [2.24, 2.45) is 0 Å². The van der Waals surface area contributed by atoms with Gasteiger partial charge in [-0.2, -0.15) is 0 Å². The Morgan fingerprint density at radius 1 is 1.24 bits per heavy atom. The van der Waals surface area contributed by atoms with Crippen molar-refractivity contribution in [2.45, 2.75) is 83.8 Å². The van der Waals surface area contributed by atoms with Gasteiger partial charge in [0.2, 0.25) is 0 Å². The van der Waals surface area contributed by atoms with Gasteiger partial charge in [-0.05, 0) is 39.7 Å². The lowest BCUT2D eigenvalue weighted by Crippen LogP contribution is -2.49. The monoisotopic (exact) mass is 241 g/mol. The Labute approximate surface area is 107 Å². The second-order valence-electron chi connectivity index (χ2n) is 6.12. The highest BCUT2D eigenvalue weighted by molar-refractivity contribution is 4.85. The van der Waals surface area contributed by atoms with E-state index in [4.69, 9.17) is 0 Å². The van der Waals surface area contributed by atoms with E-state index in [2.05, 4.69) is 18.7 Å². The van der Waals surface area contributed by atoms with E-state index in [-0.39, 0.29) is 0 Å². The molecule has 2 nitrogen and oxygen atoms in total. The van der Waals surface area contributed by atoms with Crippen molar-refractivity contribution in [3.8, 4) is 0 Å². The van der Waals surface area contributed by atoms with Gasteiger partial charge in [-0.15, -0.1) is 0 Å². The molecule has 2 atom stereocenters. The fraction of sp³-hybridized carbons (Fsp3) is 1.00. The second-order valence-corrected chi connectivity index (χ2v) is 6.12. The first-order valence-electron chi connectivity index (χ1n) is 7.51. The third-order valence-corrected chi connectivity index (χ3v) is 4.05. The summed E-state index contributed by atoms with van der Waals surface area (Å²) in [7, 11) is 0. The Kier molecular flexibility index (Phi) is 6.50. The molecule has 1 aliphatic rings. The fourth-order valence-electron chi connectivity index (χ4n) is 2.86. The van der Waals surface area contributed by atoms with Crippen molar-refractivity contribution in [1.82, 2.24) is 4.90 Å². The van der Waals surface area contributed by atoms with Crippen molar-refractivity contribution in [1.29, 1.82) is 0 Å². The minimum absolute atomic E-state index is 0.450. The summed E-state index contributed by atoms with van der Waals surface area (Å²) in [6, 6.07) is 0.642. The Hall–Kier alpha value is -0.0800. The average Bonchev–Trinajstić information content (AvgIpc) is 2.27. The van der Waals surface area contributed by atoms with E-state index < -0.39 is 5.60 Å². The van der Waals surface area contributed by atoms with Gasteiger partial charge in [0, 0.05) is 12.6 Å². The van der Waals surface area contributed by atoms with Crippen LogP contribution < -0.4 is 0 Å². The predicted octanol–water partition coefficient (Wildman–Crippen LogP) is 3.58. The van der Waals surface area contributed by atoms with Crippen molar-refractivity contribution >= 4 is 0 Å². The molecule has 0 spiro atoms. The first-order chi connectivity index (χ1) is 8.05. The first kappa shape index (κ1) is 15.0. The molecule has 1 saturated heterocycles. The number of aliphatic hydroxyl groups is 1. The van der Waals surface area contributed by atoms with Crippen molar-refractivity contribution in [3.63, 3.8) is 0 Å². The molecule has 0 saturated carbocycles. The van der Waals surface area contributed by atoms with Crippen molar-refractivity contribution in [3.05, 3.63) is 0 Å². The maximum atomic E-state index is 10.1. The van der Waals surface area contributed by atoms with Gasteiger partial charge < -0.3 is 5.11 Å². The number of piperidine rings is 1. The lowest BCUT2D eigenvalue weighted by molar-refractivity contribution is -0.0288. The molecule has 0 aromatic rings. The molecule has 0 radical (unpaired) electrons. The van der Waals surface area contributed by atoms with Crippen LogP contribution in [0.25, 0.3) is 0 Å². The third kappa shape index (κ3) is 5.87. The average molecular weight is 241 g/mol. The molecular formula is C15H31NO. The topological polar surface area (TPSA) is 23.5 Å². The Bertz CT molecular complexity index is 203. The lowest BCUT2D eigenvalue weighted by Gasteiger charge is -2.40. The van der Waals surface area contributed by atoms with Crippen LogP contribution in [-0.2, 0) is 0 Å². The number of hydrogen-bond acceptors (Lipinski definition) is 2. The zero-order valence-electron chi connectivity index (χ0n) is 12.0. The molecule has 2 heteroatoms. The summed E-state index contributed by atoms with van der Waals surface area (Å²) < 4.78 is 0. The standard InChI is InChI=1S/C15H31NO/c1-4-5-6-7-8-10-14(2)16-12-9-11-15(3,17)13-16/h14,17H,4-13H2,1-3H3/t14?,15-/m0/s1. The molecule has 1 aliphatic heterocycles. The minimum Gasteiger partial charge on any atom is -0.389 e. The highest BCUT2D eigenvalue weighted by atomic mass is 16.3. The quantitative estimate of drug-likeness (QED) is 0.689. The molecule has 0 amide bonds. The van der Waals surface area contributed by atoms with Gasteiger partial charge in [0.1, 0.15) is 0 Å². The summed E-state index contributed by atoms with van der Waals surface area (Å²) in [6.07, 6.45) is 10.2. The summed E-state index contributed by atoms with van der Waals surface area (Å²) in [4.78, 5) is 2.48. The molecule has 102 valence electrons. The van der Waals surface area contributed by atoms with Gasteiger partial charge >= 0.3 is 0 Å². The van der Waals surface area contributed by atoms with Crippen LogP contribution in [0, 0.1) is 0 Å². The molecule has 0 aromatic heterocycles. The van der Waals surface area contributed by atoms with E-state index >= 15 is 0 Å². The maximum Gasteiger partial charge on any atom is 0.0746 e. The zero-order valence-corrected chi connectivity index (χ0v) is 12.0. The van der Waals surface area contributed by atoms with E-state index in [1.54, 1.807) is 0 Å². The molecule has 1 N–H and O–H groups in total. The van der Waals surface area contributed by atoms with E-state index in [1.807, 2.05) is 6.92 Å². The molecule has 0 aliphatic carbocycles. The van der Waals surface area contributed by atoms with E-state index in [0.29, 0.717) is 6.04 Å². The Morgan fingerprint density at radius 2 is 1.94 bits per heavy atom. The summed E-state index contributed by atoms with van der Waals surface area (Å²) in [5, 5.41) is 10.1. The maximum absolute atomic E-state index is 10.1. The summed E-state index contributed by atoms with van der Waals surface area (Å²) in [5.74, 6) is 0. The molecular weight excluding hydrogens is 210 g/mol. The zero-order chi connectivity index (χ0) is 12.7. The second kappa shape index (κ2) is 7.38. The van der Waals surface area contributed by atoms with Gasteiger partial charge in [0.05, 0.1) is 5.60 Å². The third-order valence-electron chi connectivity index (χ3n) is 4.05. The molecule has 1 heterocycles. The largest absolute Gasteiger partial charge is 0.389 e. The number of hydrogen-bond donors (Lipinski definition) is 1. The molecule has 1 fully saturated rings. The SMILES string of the molecule is CCCCCCCC(C)N1CCC[C@](C)(O)C1. The van der Waals surface area contributed by atoms with E-state index in [9.17, 15) is 5.11 Å². The van der Waals surface area contributed by atoms with Crippen molar-refractivity contribution in [2.75, 3.05) is 13.1 Å². The van der Waals surface area contributed by atoms with Gasteiger partial charge in [0.25, 0.3) is 0 Å². The van der Waals surface area contributed by atoms with Crippen LogP contribution in [0.4, 0.5) is 0 Å². The summed E-state index contributed by atoms with van der Waals surface area (Å²) in [6.45, 7) is 8.60. The number of rotatable bonds is 7. The first-order valence-corrected chi connectivity index (χ1v) is 7.51. The lowest BCUT2D eigenvalue weighted by atomic mass is 9.93. The predicted molar refractivity (Wildman–Crippen MR) is 74.3 cm³/mol. The highest BCUT2D eigenvalue weighted by Crippen LogP contribution is 2.23. The van der Waals surface area contributed by atoms with Gasteiger partial charge in [-0.1, -0.05) is 39.0 Å². The fourth-order valence-corrected chi connectivity index (χ4v) is 2.86. The van der Waals surface area contributed by atoms with Crippen LogP contribution in [0.3, 0.4) is 0 Å². The van der Waals surface area contributed by atoms with Crippen LogP contribution in [0.2, 0.25) is 0 Å². The van der Waals surface area contributed by atoms with E-state index in [0.717, 1.165) is 19.4 Å². The van der Waals surface area contributed by atoms with Crippen LogP contribution in [0.5, 0.6) is 0 Å². The smallest absolute Gasteiger partial charge is 0.0746 e. The molecule has 0 aromatic carbocycles. The molecule has 17 heavy (non-hydrogen) atoms. The normalized spacial score (nSPS) is 28.2. The van der Waals surface area contributed by atoms with Crippen LogP contribution in [0.1, 0.15) is 72.1 Å². The Morgan fingerprint density at radius 3 is 2.59 bits per heavy atom. The number of unbranched alkanes of at least 4 members (excludes halogenated alkanes) is 4. The molecule has 1 unspecified atom stereocenters. The van der Waals surface area contributed by atoms with Gasteiger partial charge in [-0.25, -0.2) is 0 Å². The van der Waals surface area contributed by atoms with Gasteiger partial charge in [-0.3, -0.25) is 4.90 Å². The minimum atomic E-state index is -0.450.